The number of benzene rings is 3. The first-order valence-electron chi connectivity index (χ1n) is 11.3. The third-order valence-corrected chi connectivity index (χ3v) is 6.06. The summed E-state index contributed by atoms with van der Waals surface area (Å²) in [5.41, 5.74) is 8.64. The summed E-state index contributed by atoms with van der Waals surface area (Å²) < 4.78 is 12.3. The number of hydrazine groups is 1. The summed E-state index contributed by atoms with van der Waals surface area (Å²) in [6.07, 6.45) is -0.0837. The number of amides is 2. The Hall–Kier alpha value is -3.43. The zero-order valence-electron chi connectivity index (χ0n) is 20.3. The summed E-state index contributed by atoms with van der Waals surface area (Å²) in [4.78, 5) is 25.3. The molecule has 3 rings (SSSR count). The fourth-order valence-corrected chi connectivity index (χ4v) is 3.70. The van der Waals surface area contributed by atoms with E-state index in [1.807, 2.05) is 62.4 Å². The third-order valence-electron chi connectivity index (χ3n) is 5.36. The number of rotatable bonds is 8. The van der Waals surface area contributed by atoms with Gasteiger partial charge in [0.1, 0.15) is 11.5 Å². The van der Waals surface area contributed by atoms with Crippen LogP contribution in [0.4, 0.5) is 0 Å². The SMILES string of the molecule is Cc1ccc(OC(C)C(=O)NNC(=S)NC(=O)c2cc(Br)ccc2OCCc2ccccc2)cc1C. The molecular weight excluding hydrogens is 542 g/mol. The van der Waals surface area contributed by atoms with Gasteiger partial charge in [-0.2, -0.15) is 0 Å². The van der Waals surface area contributed by atoms with Crippen LogP contribution < -0.4 is 25.6 Å². The molecule has 7 nitrogen and oxygen atoms in total. The van der Waals surface area contributed by atoms with E-state index >= 15 is 0 Å². The summed E-state index contributed by atoms with van der Waals surface area (Å²) in [6.45, 7) is 6.00. The molecule has 0 saturated heterocycles. The van der Waals surface area contributed by atoms with Crippen LogP contribution in [-0.4, -0.2) is 29.6 Å². The second-order valence-corrected chi connectivity index (χ2v) is 9.45. The molecule has 1 unspecified atom stereocenters. The van der Waals surface area contributed by atoms with E-state index in [0.29, 0.717) is 34.6 Å². The molecule has 3 aromatic rings. The molecule has 0 radical (unpaired) electrons. The second kappa shape index (κ2) is 13.0. The highest BCUT2D eigenvalue weighted by molar-refractivity contribution is 9.10. The maximum atomic E-state index is 12.9. The van der Waals surface area contributed by atoms with Crippen LogP contribution in [0, 0.1) is 13.8 Å². The van der Waals surface area contributed by atoms with Gasteiger partial charge in [-0.1, -0.05) is 52.3 Å². The Bertz CT molecular complexity index is 1240. The molecule has 0 bridgehead atoms. The quantitative estimate of drug-likeness (QED) is 0.267. The number of hydrogen-bond donors (Lipinski definition) is 3. The van der Waals surface area contributed by atoms with E-state index in [4.69, 9.17) is 21.7 Å². The molecule has 3 aromatic carbocycles. The molecule has 3 N–H and O–H groups in total. The van der Waals surface area contributed by atoms with Gasteiger partial charge in [0.15, 0.2) is 11.2 Å². The Balaban J connectivity index is 1.51. The number of nitrogens with one attached hydrogen (secondary N) is 3. The van der Waals surface area contributed by atoms with Gasteiger partial charge in [0.05, 0.1) is 12.2 Å². The highest BCUT2D eigenvalue weighted by Gasteiger charge is 2.18. The predicted octanol–water partition coefficient (Wildman–Crippen LogP) is 4.79. The molecule has 0 aromatic heterocycles. The number of aryl methyl sites for hydroxylation is 2. The van der Waals surface area contributed by atoms with Crippen LogP contribution in [0.3, 0.4) is 0 Å². The first kappa shape index (κ1) is 27.2. The monoisotopic (exact) mass is 569 g/mol. The number of carbonyl (C=O) groups excluding carboxylic acids is 2. The first-order valence-corrected chi connectivity index (χ1v) is 12.5. The lowest BCUT2D eigenvalue weighted by Gasteiger charge is -2.17. The second-order valence-electron chi connectivity index (χ2n) is 8.13. The maximum absolute atomic E-state index is 12.9. The highest BCUT2D eigenvalue weighted by Crippen LogP contribution is 2.23. The third kappa shape index (κ3) is 8.07. The summed E-state index contributed by atoms with van der Waals surface area (Å²) in [6, 6.07) is 20.7. The van der Waals surface area contributed by atoms with E-state index in [1.165, 1.54) is 0 Å². The summed E-state index contributed by atoms with van der Waals surface area (Å²) in [5.74, 6) is 0.0920. The minimum Gasteiger partial charge on any atom is -0.492 e. The van der Waals surface area contributed by atoms with Crippen molar-refractivity contribution in [3.05, 3.63) is 93.5 Å². The summed E-state index contributed by atoms with van der Waals surface area (Å²) >= 11 is 8.55. The van der Waals surface area contributed by atoms with Gasteiger partial charge in [0.2, 0.25) is 0 Å². The molecule has 0 aliphatic carbocycles. The Labute approximate surface area is 224 Å². The Morgan fingerprint density at radius 2 is 1.72 bits per heavy atom. The van der Waals surface area contributed by atoms with Crippen LogP contribution in [0.5, 0.6) is 11.5 Å². The standard InChI is InChI=1S/C27H28BrN3O4S/c1-17-9-11-22(15-18(17)2)35-19(3)25(32)30-31-27(36)29-26(33)23-16-21(28)10-12-24(23)34-14-13-20-7-5-4-6-8-20/h4-12,15-16,19H,13-14H2,1-3H3,(H,30,32)(H2,29,31,33,36). The zero-order valence-corrected chi connectivity index (χ0v) is 22.7. The number of halogens is 1. The van der Waals surface area contributed by atoms with E-state index in [1.54, 1.807) is 25.1 Å². The van der Waals surface area contributed by atoms with Gasteiger partial charge in [0.25, 0.3) is 11.8 Å². The lowest BCUT2D eigenvalue weighted by molar-refractivity contribution is -0.127. The maximum Gasteiger partial charge on any atom is 0.279 e. The largest absolute Gasteiger partial charge is 0.492 e. The van der Waals surface area contributed by atoms with Crippen LogP contribution in [0.1, 0.15) is 34.0 Å². The van der Waals surface area contributed by atoms with Crippen LogP contribution in [0.15, 0.2) is 71.2 Å². The van der Waals surface area contributed by atoms with Gasteiger partial charge >= 0.3 is 0 Å². The Kier molecular flexibility index (Phi) is 9.84. The van der Waals surface area contributed by atoms with Crippen molar-refractivity contribution < 1.29 is 19.1 Å². The molecule has 0 saturated carbocycles. The molecule has 0 spiro atoms. The Morgan fingerprint density at radius 1 is 0.972 bits per heavy atom. The average molecular weight is 571 g/mol. The van der Waals surface area contributed by atoms with Gasteiger partial charge < -0.3 is 9.47 Å². The van der Waals surface area contributed by atoms with E-state index in [9.17, 15) is 9.59 Å². The normalized spacial score (nSPS) is 11.2. The van der Waals surface area contributed by atoms with Crippen molar-refractivity contribution >= 4 is 45.1 Å². The topological polar surface area (TPSA) is 88.7 Å². The molecule has 0 heterocycles. The minimum atomic E-state index is -0.784. The van der Waals surface area contributed by atoms with E-state index in [2.05, 4.69) is 32.1 Å². The van der Waals surface area contributed by atoms with Crippen molar-refractivity contribution in [3.63, 3.8) is 0 Å². The highest BCUT2D eigenvalue weighted by atomic mass is 79.9. The Morgan fingerprint density at radius 3 is 2.44 bits per heavy atom. The van der Waals surface area contributed by atoms with Crippen LogP contribution in [0.25, 0.3) is 0 Å². The van der Waals surface area contributed by atoms with Crippen molar-refractivity contribution in [3.8, 4) is 11.5 Å². The lowest BCUT2D eigenvalue weighted by Crippen LogP contribution is -2.51. The fraction of sp³-hybridized carbons (Fsp3) is 0.222. The van der Waals surface area contributed by atoms with Gasteiger partial charge in [-0.05, 0) is 80.0 Å². The van der Waals surface area contributed by atoms with Gasteiger partial charge in [-0.3, -0.25) is 25.8 Å². The molecule has 36 heavy (non-hydrogen) atoms. The van der Waals surface area contributed by atoms with Gasteiger partial charge in [-0.25, -0.2) is 0 Å². The van der Waals surface area contributed by atoms with E-state index in [0.717, 1.165) is 16.7 Å². The number of carbonyl (C=O) groups is 2. The fourth-order valence-electron chi connectivity index (χ4n) is 3.20. The lowest BCUT2D eigenvalue weighted by atomic mass is 10.1. The van der Waals surface area contributed by atoms with Crippen molar-refractivity contribution in [2.75, 3.05) is 6.61 Å². The molecule has 1 atom stereocenters. The van der Waals surface area contributed by atoms with Crippen LogP contribution in [-0.2, 0) is 11.2 Å². The van der Waals surface area contributed by atoms with Crippen LogP contribution >= 0.6 is 28.1 Å². The smallest absolute Gasteiger partial charge is 0.279 e. The minimum absolute atomic E-state index is 0.0676. The number of hydrogen-bond acceptors (Lipinski definition) is 5. The number of thiocarbonyl (C=S) groups is 1. The average Bonchev–Trinajstić information content (AvgIpc) is 2.86. The number of ether oxygens (including phenoxy) is 2. The predicted molar refractivity (Wildman–Crippen MR) is 147 cm³/mol. The van der Waals surface area contributed by atoms with E-state index in [-0.39, 0.29) is 5.11 Å². The summed E-state index contributed by atoms with van der Waals surface area (Å²) in [7, 11) is 0. The molecular formula is C27H28BrN3O4S. The van der Waals surface area contributed by atoms with Crippen LogP contribution in [0.2, 0.25) is 0 Å². The molecule has 9 heteroatoms. The molecule has 2 amide bonds. The summed E-state index contributed by atoms with van der Waals surface area (Å²) in [5, 5.41) is 2.49. The van der Waals surface area contributed by atoms with Crippen molar-refractivity contribution in [1.29, 1.82) is 0 Å². The van der Waals surface area contributed by atoms with Gasteiger partial charge in [0, 0.05) is 10.9 Å². The molecule has 0 aliphatic heterocycles. The molecule has 0 aliphatic rings. The first-order chi connectivity index (χ1) is 17.2. The van der Waals surface area contributed by atoms with Crippen molar-refractivity contribution in [2.24, 2.45) is 0 Å². The molecule has 188 valence electrons. The molecule has 0 fully saturated rings. The van der Waals surface area contributed by atoms with Crippen molar-refractivity contribution in [2.45, 2.75) is 33.3 Å². The van der Waals surface area contributed by atoms with Gasteiger partial charge in [-0.15, -0.1) is 0 Å². The van der Waals surface area contributed by atoms with Crippen molar-refractivity contribution in [1.82, 2.24) is 16.2 Å². The zero-order chi connectivity index (χ0) is 26.1. The van der Waals surface area contributed by atoms with E-state index < -0.39 is 17.9 Å².